The molecule has 0 saturated carbocycles. The molecule has 0 aromatic carbocycles. The van der Waals surface area contributed by atoms with Crippen LogP contribution in [0.1, 0.15) is 116 Å². The Labute approximate surface area is 172 Å². The van der Waals surface area contributed by atoms with E-state index >= 15 is 0 Å². The van der Waals surface area contributed by atoms with Gasteiger partial charge in [-0.1, -0.05) is 103 Å². The van der Waals surface area contributed by atoms with E-state index in [0.29, 0.717) is 17.4 Å². The molecule has 0 spiro atoms. The van der Waals surface area contributed by atoms with Crippen LogP contribution in [0, 0.1) is 0 Å². The Morgan fingerprint density at radius 1 is 0.741 bits per heavy atom. The molecule has 0 unspecified atom stereocenters. The fourth-order valence-corrected chi connectivity index (χ4v) is 3.73. The molecule has 27 heavy (non-hydrogen) atoms. The molecule has 1 aliphatic heterocycles. The minimum Gasteiger partial charge on any atom is -0.321 e. The lowest BCUT2D eigenvalue weighted by Gasteiger charge is -2.17. The third-order valence-electron chi connectivity index (χ3n) is 5.15. The van der Waals surface area contributed by atoms with E-state index in [2.05, 4.69) is 22.5 Å². The van der Waals surface area contributed by atoms with E-state index in [4.69, 9.17) is 12.2 Å². The van der Waals surface area contributed by atoms with E-state index in [1.807, 2.05) is 0 Å². The van der Waals surface area contributed by atoms with Crippen molar-refractivity contribution in [3.63, 3.8) is 0 Å². The number of carbonyl (C=O) groups is 1. The zero-order valence-electron chi connectivity index (χ0n) is 17.5. The van der Waals surface area contributed by atoms with Crippen molar-refractivity contribution in [2.24, 2.45) is 4.99 Å². The number of hydrogen-bond acceptors (Lipinski definition) is 3. The largest absolute Gasteiger partial charge is 0.321 e. The predicted octanol–water partition coefficient (Wildman–Crippen LogP) is 6.04. The summed E-state index contributed by atoms with van der Waals surface area (Å²) in [6, 6.07) is 0. The fraction of sp³-hybridized carbons (Fsp3) is 0.864. The summed E-state index contributed by atoms with van der Waals surface area (Å²) in [4.78, 5) is 15.8. The molecule has 5 heteroatoms. The van der Waals surface area contributed by atoms with Gasteiger partial charge in [0.2, 0.25) is 5.91 Å². The van der Waals surface area contributed by atoms with E-state index in [1.165, 1.54) is 96.3 Å². The van der Waals surface area contributed by atoms with Gasteiger partial charge in [0, 0.05) is 6.54 Å². The van der Waals surface area contributed by atoms with Crippen LogP contribution in [-0.4, -0.2) is 23.4 Å². The summed E-state index contributed by atoms with van der Waals surface area (Å²) >= 11 is 4.96. The maximum atomic E-state index is 11.3. The monoisotopic (exact) mass is 395 g/mol. The van der Waals surface area contributed by atoms with Crippen molar-refractivity contribution in [3.8, 4) is 0 Å². The Morgan fingerprint density at radius 2 is 1.19 bits per heavy atom. The van der Waals surface area contributed by atoms with Crippen molar-refractivity contribution < 1.29 is 4.79 Å². The van der Waals surface area contributed by atoms with Crippen LogP contribution < -0.4 is 10.6 Å². The van der Waals surface area contributed by atoms with Crippen molar-refractivity contribution in [1.82, 2.24) is 10.6 Å². The molecule has 156 valence electrons. The van der Waals surface area contributed by atoms with Crippen molar-refractivity contribution in [3.05, 3.63) is 0 Å². The Balaban J connectivity index is 1.78. The van der Waals surface area contributed by atoms with Gasteiger partial charge in [0.1, 0.15) is 5.84 Å². The summed E-state index contributed by atoms with van der Waals surface area (Å²) in [6.07, 6.45) is 22.3. The highest BCUT2D eigenvalue weighted by Crippen LogP contribution is 2.13. The van der Waals surface area contributed by atoms with Gasteiger partial charge in [-0.3, -0.25) is 9.79 Å². The molecule has 1 amide bonds. The number of unbranched alkanes of at least 4 members (excludes halogenated alkanes) is 15. The van der Waals surface area contributed by atoms with E-state index in [9.17, 15) is 4.79 Å². The summed E-state index contributed by atoms with van der Waals surface area (Å²) in [5, 5.41) is 5.89. The number of carbonyl (C=O) groups excluding carboxylic acids is 1. The first kappa shape index (κ1) is 24.1. The lowest BCUT2D eigenvalue weighted by atomic mass is 10.0. The molecule has 2 N–H and O–H groups in total. The number of nitrogens with one attached hydrogen (secondary N) is 2. The second-order valence-electron chi connectivity index (χ2n) is 7.81. The van der Waals surface area contributed by atoms with Crippen molar-refractivity contribution >= 4 is 29.1 Å². The summed E-state index contributed by atoms with van der Waals surface area (Å²) < 4.78 is 0. The number of hydrogen-bond donors (Lipinski definition) is 2. The quantitative estimate of drug-likeness (QED) is 0.233. The van der Waals surface area contributed by atoms with Crippen LogP contribution in [0.15, 0.2) is 4.99 Å². The second-order valence-corrected chi connectivity index (χ2v) is 8.22. The standard InChI is InChI=1S/C22H41N3OS/c1-2-3-4-5-6-7-8-9-10-11-12-13-14-15-16-17-18-23-20-19-21(26)25-22(27)24-20/h2-19H2,1H3,(H2,23,24,25,26,27). The van der Waals surface area contributed by atoms with Crippen LogP contribution in [0.5, 0.6) is 0 Å². The first-order valence-corrected chi connectivity index (χ1v) is 11.8. The normalized spacial score (nSPS) is 15.8. The van der Waals surface area contributed by atoms with Gasteiger partial charge in [0.25, 0.3) is 0 Å². The van der Waals surface area contributed by atoms with Gasteiger partial charge in [-0.2, -0.15) is 0 Å². The van der Waals surface area contributed by atoms with Crippen molar-refractivity contribution in [2.75, 3.05) is 6.54 Å². The molecule has 0 atom stereocenters. The lowest BCUT2D eigenvalue weighted by Crippen LogP contribution is -2.49. The van der Waals surface area contributed by atoms with E-state index < -0.39 is 0 Å². The smallest absolute Gasteiger partial charge is 0.233 e. The highest BCUT2D eigenvalue weighted by molar-refractivity contribution is 7.80. The van der Waals surface area contributed by atoms with Gasteiger partial charge < -0.3 is 10.6 Å². The molecule has 1 heterocycles. The van der Waals surface area contributed by atoms with Gasteiger partial charge in [0.05, 0.1) is 6.42 Å². The van der Waals surface area contributed by atoms with Gasteiger partial charge in [-0.25, -0.2) is 0 Å². The minimum absolute atomic E-state index is 0.0653. The van der Waals surface area contributed by atoms with Gasteiger partial charge in [-0.05, 0) is 18.6 Å². The highest BCUT2D eigenvalue weighted by Gasteiger charge is 2.16. The molecule has 0 aromatic heterocycles. The molecule has 0 radical (unpaired) electrons. The minimum atomic E-state index is -0.0653. The number of amidine groups is 1. The summed E-state index contributed by atoms with van der Waals surface area (Å²) in [7, 11) is 0. The average molecular weight is 396 g/mol. The lowest BCUT2D eigenvalue weighted by molar-refractivity contribution is -0.118. The van der Waals surface area contributed by atoms with E-state index in [0.717, 1.165) is 13.0 Å². The molecule has 0 bridgehead atoms. The molecule has 1 aliphatic rings. The van der Waals surface area contributed by atoms with Crippen LogP contribution in [-0.2, 0) is 4.79 Å². The van der Waals surface area contributed by atoms with Gasteiger partial charge >= 0.3 is 0 Å². The molecule has 1 rings (SSSR count). The Kier molecular flexibility index (Phi) is 15.3. The highest BCUT2D eigenvalue weighted by atomic mass is 32.1. The molecule has 0 aromatic rings. The zero-order chi connectivity index (χ0) is 19.6. The fourth-order valence-electron chi connectivity index (χ4n) is 3.50. The molecule has 0 aliphatic carbocycles. The van der Waals surface area contributed by atoms with E-state index in [1.54, 1.807) is 0 Å². The van der Waals surface area contributed by atoms with Crippen LogP contribution in [0.3, 0.4) is 0 Å². The maximum Gasteiger partial charge on any atom is 0.233 e. The number of aliphatic imine (C=N–C) groups is 1. The van der Waals surface area contributed by atoms with Gasteiger partial charge in [0.15, 0.2) is 5.11 Å². The number of amides is 1. The maximum absolute atomic E-state index is 11.3. The Hall–Kier alpha value is -0.970. The van der Waals surface area contributed by atoms with Crippen LogP contribution in [0.2, 0.25) is 0 Å². The first-order chi connectivity index (χ1) is 13.2. The molecular formula is C22H41N3OS. The zero-order valence-corrected chi connectivity index (χ0v) is 18.3. The summed E-state index contributed by atoms with van der Waals surface area (Å²) in [6.45, 7) is 3.07. The van der Waals surface area contributed by atoms with Crippen LogP contribution in [0.25, 0.3) is 0 Å². The SMILES string of the molecule is CCCCCCCCCCCCCCCCCCN=C1CC(=O)NC(=S)N1. The van der Waals surface area contributed by atoms with Crippen molar-refractivity contribution in [2.45, 2.75) is 116 Å². The average Bonchev–Trinajstić information content (AvgIpc) is 2.63. The molecule has 1 saturated heterocycles. The Morgan fingerprint density at radius 3 is 1.63 bits per heavy atom. The molecular weight excluding hydrogens is 354 g/mol. The number of rotatable bonds is 17. The third kappa shape index (κ3) is 14.7. The predicted molar refractivity (Wildman–Crippen MR) is 120 cm³/mol. The summed E-state index contributed by atoms with van der Waals surface area (Å²) in [5.74, 6) is 0.647. The van der Waals surface area contributed by atoms with Crippen LogP contribution >= 0.6 is 12.2 Å². The van der Waals surface area contributed by atoms with Crippen molar-refractivity contribution in [1.29, 1.82) is 0 Å². The number of nitrogens with zero attached hydrogens (tertiary/aromatic N) is 1. The van der Waals surface area contributed by atoms with E-state index in [-0.39, 0.29) is 5.91 Å². The Bertz CT molecular complexity index is 419. The second kappa shape index (κ2) is 17.2. The van der Waals surface area contributed by atoms with Gasteiger partial charge in [-0.15, -0.1) is 0 Å². The molecule has 4 nitrogen and oxygen atoms in total. The third-order valence-corrected chi connectivity index (χ3v) is 5.36. The molecule has 1 fully saturated rings. The summed E-state index contributed by atoms with van der Waals surface area (Å²) in [5.41, 5.74) is 0. The number of thiocarbonyl (C=S) groups is 1. The van der Waals surface area contributed by atoms with Crippen LogP contribution in [0.4, 0.5) is 0 Å². The first-order valence-electron chi connectivity index (χ1n) is 11.4. The topological polar surface area (TPSA) is 53.5 Å².